The molecular formula is C11H11BrO2. The van der Waals surface area contributed by atoms with Gasteiger partial charge in [0.1, 0.15) is 12.4 Å². The van der Waals surface area contributed by atoms with Gasteiger partial charge in [-0.15, -0.1) is 0 Å². The van der Waals surface area contributed by atoms with E-state index in [1.165, 1.54) is 0 Å². The highest BCUT2D eigenvalue weighted by atomic mass is 79.9. The minimum Gasteiger partial charge on any atom is -0.488 e. The predicted octanol–water partition coefficient (Wildman–Crippen LogP) is 2.53. The lowest BCUT2D eigenvalue weighted by molar-refractivity contribution is 0.284. The van der Waals surface area contributed by atoms with E-state index in [1.807, 2.05) is 25.1 Å². The molecule has 1 N–H and O–H groups in total. The smallest absolute Gasteiger partial charge is 0.129 e. The molecule has 1 aliphatic heterocycles. The van der Waals surface area contributed by atoms with Crippen molar-refractivity contribution in [3.63, 3.8) is 0 Å². The monoisotopic (exact) mass is 254 g/mol. The third-order valence-corrected chi connectivity index (χ3v) is 2.69. The minimum atomic E-state index is 0.0605. The maximum absolute atomic E-state index is 9.00. The molecule has 0 saturated carbocycles. The highest BCUT2D eigenvalue weighted by Gasteiger charge is 2.13. The number of hydrogen-bond donors (Lipinski definition) is 1. The summed E-state index contributed by atoms with van der Waals surface area (Å²) in [5, 5.41) is 9.00. The van der Waals surface area contributed by atoms with Crippen LogP contribution in [0.3, 0.4) is 0 Å². The molecule has 0 aromatic heterocycles. The molecule has 14 heavy (non-hydrogen) atoms. The Morgan fingerprint density at radius 2 is 2.29 bits per heavy atom. The third-order valence-electron chi connectivity index (χ3n) is 2.23. The number of aryl methyl sites for hydroxylation is 1. The van der Waals surface area contributed by atoms with Crippen LogP contribution >= 0.6 is 15.9 Å². The molecule has 0 amide bonds. The molecule has 0 radical (unpaired) electrons. The number of halogens is 1. The lowest BCUT2D eigenvalue weighted by atomic mass is 10.0. The summed E-state index contributed by atoms with van der Waals surface area (Å²) < 4.78 is 6.60. The number of hydrogen-bond acceptors (Lipinski definition) is 2. The Morgan fingerprint density at radius 1 is 1.50 bits per heavy atom. The van der Waals surface area contributed by atoms with E-state index in [-0.39, 0.29) is 6.61 Å². The van der Waals surface area contributed by atoms with Crippen molar-refractivity contribution in [3.05, 3.63) is 33.3 Å². The molecule has 0 bridgehead atoms. The lowest BCUT2D eigenvalue weighted by Gasteiger charge is -2.19. The van der Waals surface area contributed by atoms with E-state index >= 15 is 0 Å². The summed E-state index contributed by atoms with van der Waals surface area (Å²) in [7, 11) is 0. The lowest BCUT2D eigenvalue weighted by Crippen LogP contribution is -2.10. The van der Waals surface area contributed by atoms with Gasteiger partial charge in [-0.25, -0.2) is 0 Å². The number of aliphatic hydroxyl groups excluding tert-OH is 1. The van der Waals surface area contributed by atoms with Gasteiger partial charge in [0.05, 0.1) is 6.61 Å². The molecule has 1 heterocycles. The molecule has 1 aromatic rings. The number of fused-ring (bicyclic) bond motifs is 1. The van der Waals surface area contributed by atoms with E-state index in [9.17, 15) is 0 Å². The van der Waals surface area contributed by atoms with Gasteiger partial charge in [0.25, 0.3) is 0 Å². The Hall–Kier alpha value is -0.800. The molecule has 0 unspecified atom stereocenters. The molecular weight excluding hydrogens is 244 g/mol. The van der Waals surface area contributed by atoms with Gasteiger partial charge in [-0.1, -0.05) is 15.9 Å². The first-order chi connectivity index (χ1) is 6.70. The molecule has 74 valence electrons. The van der Waals surface area contributed by atoms with Crippen LogP contribution in [0, 0.1) is 6.92 Å². The van der Waals surface area contributed by atoms with Gasteiger partial charge in [0.2, 0.25) is 0 Å². The van der Waals surface area contributed by atoms with Crippen LogP contribution in [0.25, 0.3) is 6.08 Å². The van der Waals surface area contributed by atoms with E-state index in [0.717, 1.165) is 26.9 Å². The summed E-state index contributed by atoms with van der Waals surface area (Å²) >= 11 is 3.44. The molecule has 0 fully saturated rings. The van der Waals surface area contributed by atoms with Crippen LogP contribution in [-0.4, -0.2) is 18.3 Å². The summed E-state index contributed by atoms with van der Waals surface area (Å²) in [6.45, 7) is 2.57. The first-order valence-electron chi connectivity index (χ1n) is 4.44. The SMILES string of the molecule is Cc1cc(Br)cc2c1OCC(CO)=C2. The zero-order chi connectivity index (χ0) is 10.1. The zero-order valence-corrected chi connectivity index (χ0v) is 9.47. The molecule has 1 aliphatic rings. The van der Waals surface area contributed by atoms with E-state index in [4.69, 9.17) is 9.84 Å². The van der Waals surface area contributed by atoms with Crippen LogP contribution in [0.5, 0.6) is 5.75 Å². The second-order valence-electron chi connectivity index (χ2n) is 3.39. The van der Waals surface area contributed by atoms with Gasteiger partial charge >= 0.3 is 0 Å². The van der Waals surface area contributed by atoms with Gasteiger partial charge in [0.15, 0.2) is 0 Å². The largest absolute Gasteiger partial charge is 0.488 e. The first-order valence-corrected chi connectivity index (χ1v) is 5.23. The van der Waals surface area contributed by atoms with Crippen molar-refractivity contribution in [2.24, 2.45) is 0 Å². The zero-order valence-electron chi connectivity index (χ0n) is 7.88. The minimum absolute atomic E-state index is 0.0605. The van der Waals surface area contributed by atoms with Crippen molar-refractivity contribution in [1.82, 2.24) is 0 Å². The normalized spacial score (nSPS) is 14.4. The summed E-state index contributed by atoms with van der Waals surface area (Å²) in [6, 6.07) is 4.02. The van der Waals surface area contributed by atoms with E-state index in [1.54, 1.807) is 0 Å². The molecule has 1 aromatic carbocycles. The Balaban J connectivity index is 2.52. The molecule has 0 aliphatic carbocycles. The first kappa shape index (κ1) is 9.74. The van der Waals surface area contributed by atoms with Crippen molar-refractivity contribution in [2.75, 3.05) is 13.2 Å². The molecule has 0 spiro atoms. The van der Waals surface area contributed by atoms with Crippen LogP contribution in [0.15, 0.2) is 22.2 Å². The van der Waals surface area contributed by atoms with Gasteiger partial charge < -0.3 is 9.84 Å². The van der Waals surface area contributed by atoms with Gasteiger partial charge in [-0.3, -0.25) is 0 Å². The van der Waals surface area contributed by atoms with Crippen LogP contribution in [-0.2, 0) is 0 Å². The second-order valence-corrected chi connectivity index (χ2v) is 4.31. The highest BCUT2D eigenvalue weighted by Crippen LogP contribution is 2.32. The fraction of sp³-hybridized carbons (Fsp3) is 0.273. The van der Waals surface area contributed by atoms with Crippen molar-refractivity contribution >= 4 is 22.0 Å². The van der Waals surface area contributed by atoms with E-state index in [2.05, 4.69) is 15.9 Å². The molecule has 3 heteroatoms. The maximum atomic E-state index is 9.00. The fourth-order valence-electron chi connectivity index (χ4n) is 1.58. The van der Waals surface area contributed by atoms with Crippen molar-refractivity contribution in [1.29, 1.82) is 0 Å². The van der Waals surface area contributed by atoms with Crippen LogP contribution in [0.2, 0.25) is 0 Å². The summed E-state index contributed by atoms with van der Waals surface area (Å²) in [5.74, 6) is 0.922. The molecule has 2 nitrogen and oxygen atoms in total. The summed E-state index contributed by atoms with van der Waals surface area (Å²) in [5.41, 5.74) is 3.06. The van der Waals surface area contributed by atoms with Crippen LogP contribution in [0.4, 0.5) is 0 Å². The molecule has 2 rings (SSSR count). The Morgan fingerprint density at radius 3 is 3.00 bits per heavy atom. The number of ether oxygens (including phenoxy) is 1. The highest BCUT2D eigenvalue weighted by molar-refractivity contribution is 9.10. The van der Waals surface area contributed by atoms with Crippen molar-refractivity contribution in [2.45, 2.75) is 6.92 Å². The molecule has 0 atom stereocenters. The average molecular weight is 255 g/mol. The van der Waals surface area contributed by atoms with Crippen molar-refractivity contribution in [3.8, 4) is 5.75 Å². The second kappa shape index (κ2) is 3.75. The Labute approximate surface area is 91.3 Å². The summed E-state index contributed by atoms with van der Waals surface area (Å²) in [4.78, 5) is 0. The van der Waals surface area contributed by atoms with Gasteiger partial charge in [-0.05, 0) is 36.3 Å². The van der Waals surface area contributed by atoms with Gasteiger partial charge in [0, 0.05) is 10.0 Å². The van der Waals surface area contributed by atoms with Gasteiger partial charge in [-0.2, -0.15) is 0 Å². The quantitative estimate of drug-likeness (QED) is 0.835. The van der Waals surface area contributed by atoms with Crippen LogP contribution in [0.1, 0.15) is 11.1 Å². The Kier molecular flexibility index (Phi) is 2.61. The van der Waals surface area contributed by atoms with E-state index in [0.29, 0.717) is 6.61 Å². The fourth-order valence-corrected chi connectivity index (χ4v) is 2.17. The third kappa shape index (κ3) is 1.70. The maximum Gasteiger partial charge on any atom is 0.129 e. The number of benzene rings is 1. The van der Waals surface area contributed by atoms with Crippen LogP contribution < -0.4 is 4.74 Å². The number of rotatable bonds is 1. The van der Waals surface area contributed by atoms with E-state index < -0.39 is 0 Å². The molecule has 0 saturated heterocycles. The van der Waals surface area contributed by atoms with Crippen molar-refractivity contribution < 1.29 is 9.84 Å². The predicted molar refractivity (Wildman–Crippen MR) is 59.4 cm³/mol. The standard InChI is InChI=1S/C11H11BrO2/c1-7-2-10(12)4-9-3-8(5-13)6-14-11(7)9/h2-4,13H,5-6H2,1H3. The average Bonchev–Trinajstić information content (AvgIpc) is 2.16. The number of aliphatic hydroxyl groups is 1. The summed E-state index contributed by atoms with van der Waals surface area (Å²) in [6.07, 6.45) is 1.98. The Bertz CT molecular complexity index is 397. The topological polar surface area (TPSA) is 29.5 Å².